The molecule has 0 radical (unpaired) electrons. The van der Waals surface area contributed by atoms with E-state index in [4.69, 9.17) is 17.0 Å². The first-order chi connectivity index (χ1) is 14.8. The van der Waals surface area contributed by atoms with Crippen molar-refractivity contribution in [1.29, 1.82) is 5.41 Å². The zero-order valence-electron chi connectivity index (χ0n) is 18.0. The predicted molar refractivity (Wildman–Crippen MR) is 130 cm³/mol. The van der Waals surface area contributed by atoms with Crippen molar-refractivity contribution in [1.82, 2.24) is 9.58 Å². The Morgan fingerprint density at radius 3 is 2.77 bits per heavy atom. The number of aromatic nitrogens is 1. The van der Waals surface area contributed by atoms with Crippen LogP contribution in [0.25, 0.3) is 11.8 Å². The lowest BCUT2D eigenvalue weighted by atomic mass is 10.1. The number of thioether (sulfide) groups is 1. The number of aryl methyl sites for hydroxylation is 1. The first-order valence-corrected chi connectivity index (χ1v) is 11.4. The van der Waals surface area contributed by atoms with Crippen LogP contribution in [0.5, 0.6) is 0 Å². The molecule has 1 N–H and O–H groups in total. The van der Waals surface area contributed by atoms with Gasteiger partial charge in [0, 0.05) is 22.1 Å². The Morgan fingerprint density at radius 2 is 2.03 bits per heavy atom. The van der Waals surface area contributed by atoms with Gasteiger partial charge in [-0.05, 0) is 80.8 Å². The molecule has 0 bridgehead atoms. The Bertz CT molecular complexity index is 1190. The summed E-state index contributed by atoms with van der Waals surface area (Å²) in [7, 11) is 0. The van der Waals surface area contributed by atoms with Gasteiger partial charge in [-0.2, -0.15) is 15.1 Å². The third-order valence-electron chi connectivity index (χ3n) is 5.49. The molecule has 0 spiro atoms. The summed E-state index contributed by atoms with van der Waals surface area (Å²) in [5.41, 5.74) is 5.08. The Kier molecular flexibility index (Phi) is 5.90. The van der Waals surface area contributed by atoms with Gasteiger partial charge in [0.05, 0.1) is 5.57 Å². The van der Waals surface area contributed by atoms with E-state index in [1.807, 2.05) is 45.0 Å². The Hall–Kier alpha value is -2.64. The highest BCUT2D eigenvalue weighted by Crippen LogP contribution is 2.32. The zero-order chi connectivity index (χ0) is 22.3. The molecule has 8 heteroatoms. The maximum atomic E-state index is 12.7. The minimum absolute atomic E-state index is 0.0673. The van der Waals surface area contributed by atoms with Gasteiger partial charge < -0.3 is 4.57 Å². The van der Waals surface area contributed by atoms with Crippen LogP contribution in [0.3, 0.4) is 0 Å². The number of hydrogen-bond acceptors (Lipinski definition) is 4. The molecule has 2 aliphatic rings. The molecule has 6 nitrogen and oxygen atoms in total. The van der Waals surface area contributed by atoms with Gasteiger partial charge in [0.1, 0.15) is 5.04 Å². The third kappa shape index (κ3) is 3.88. The van der Waals surface area contributed by atoms with Crippen LogP contribution in [0.15, 0.2) is 39.9 Å². The predicted octanol–water partition coefficient (Wildman–Crippen LogP) is 5.87. The van der Waals surface area contributed by atoms with E-state index < -0.39 is 5.91 Å². The number of carbonyl (C=O) groups excluding carboxylic acids is 1. The Labute approximate surface area is 191 Å². The SMILES string of the molecule is CCCCC1=NN2C(=N)/C(=C/c3cc(C)n(-c4cccc(Cl)c4C)c3C)C(=O)N=C2S1. The van der Waals surface area contributed by atoms with E-state index in [2.05, 4.69) is 21.6 Å². The number of aliphatic imine (C=N–C) groups is 1. The lowest BCUT2D eigenvalue weighted by Crippen LogP contribution is -2.35. The highest BCUT2D eigenvalue weighted by atomic mass is 35.5. The summed E-state index contributed by atoms with van der Waals surface area (Å²) in [6.07, 6.45) is 4.66. The molecule has 0 saturated carbocycles. The molecule has 2 aromatic rings. The second-order valence-electron chi connectivity index (χ2n) is 7.66. The van der Waals surface area contributed by atoms with E-state index >= 15 is 0 Å². The lowest BCUT2D eigenvalue weighted by molar-refractivity contribution is -0.114. The molecule has 4 rings (SSSR count). The van der Waals surface area contributed by atoms with Gasteiger partial charge in [-0.25, -0.2) is 0 Å². The van der Waals surface area contributed by atoms with Crippen LogP contribution < -0.4 is 0 Å². The van der Waals surface area contributed by atoms with Crippen molar-refractivity contribution in [3.05, 3.63) is 57.4 Å². The van der Waals surface area contributed by atoms with Crippen molar-refractivity contribution >= 4 is 51.4 Å². The summed E-state index contributed by atoms with van der Waals surface area (Å²) in [6.45, 7) is 8.13. The van der Waals surface area contributed by atoms with Gasteiger partial charge in [0.15, 0.2) is 5.84 Å². The van der Waals surface area contributed by atoms with Gasteiger partial charge in [-0.15, -0.1) is 0 Å². The molecule has 1 amide bonds. The van der Waals surface area contributed by atoms with Gasteiger partial charge in [0.25, 0.3) is 5.91 Å². The summed E-state index contributed by atoms with van der Waals surface area (Å²) in [6, 6.07) is 7.84. The molecule has 0 unspecified atom stereocenters. The minimum Gasteiger partial charge on any atom is -0.318 e. The largest absolute Gasteiger partial charge is 0.318 e. The quantitative estimate of drug-likeness (QED) is 0.575. The van der Waals surface area contributed by atoms with Crippen LogP contribution in [0.1, 0.15) is 48.7 Å². The van der Waals surface area contributed by atoms with E-state index in [-0.39, 0.29) is 11.4 Å². The summed E-state index contributed by atoms with van der Waals surface area (Å²) in [5.74, 6) is -0.336. The van der Waals surface area contributed by atoms with Crippen molar-refractivity contribution in [2.24, 2.45) is 10.1 Å². The van der Waals surface area contributed by atoms with E-state index in [0.717, 1.165) is 52.5 Å². The van der Waals surface area contributed by atoms with Gasteiger partial charge in [-0.1, -0.05) is 31.0 Å². The van der Waals surface area contributed by atoms with Crippen LogP contribution in [-0.4, -0.2) is 31.5 Å². The molecule has 1 aromatic heterocycles. The fourth-order valence-electron chi connectivity index (χ4n) is 3.76. The van der Waals surface area contributed by atoms with Crippen LogP contribution in [0.2, 0.25) is 5.02 Å². The maximum Gasteiger partial charge on any atom is 0.283 e. The normalized spacial score (nSPS) is 17.3. The van der Waals surface area contributed by atoms with Crippen molar-refractivity contribution in [2.75, 3.05) is 0 Å². The number of rotatable bonds is 5. The summed E-state index contributed by atoms with van der Waals surface area (Å²) in [5, 5.41) is 16.7. The lowest BCUT2D eigenvalue weighted by Gasteiger charge is -2.20. The number of fused-ring (bicyclic) bond motifs is 1. The molecular weight excluding hydrogens is 430 g/mol. The second kappa shape index (κ2) is 8.48. The summed E-state index contributed by atoms with van der Waals surface area (Å²) in [4.78, 5) is 16.9. The van der Waals surface area contributed by atoms with E-state index in [0.29, 0.717) is 10.2 Å². The third-order valence-corrected chi connectivity index (χ3v) is 6.87. The molecule has 160 valence electrons. The van der Waals surface area contributed by atoms with Crippen molar-refractivity contribution < 1.29 is 4.79 Å². The van der Waals surface area contributed by atoms with E-state index in [9.17, 15) is 4.79 Å². The fraction of sp³-hybridized carbons (Fsp3) is 0.304. The number of benzene rings is 1. The van der Waals surface area contributed by atoms with Crippen molar-refractivity contribution in [3.63, 3.8) is 0 Å². The van der Waals surface area contributed by atoms with Gasteiger partial charge in [-0.3, -0.25) is 10.2 Å². The molecule has 0 aliphatic carbocycles. The first-order valence-electron chi connectivity index (χ1n) is 10.2. The van der Waals surface area contributed by atoms with Crippen molar-refractivity contribution in [3.8, 4) is 5.69 Å². The highest BCUT2D eigenvalue weighted by Gasteiger charge is 2.35. The topological polar surface area (TPSA) is 73.8 Å². The minimum atomic E-state index is -0.403. The molecule has 0 saturated heterocycles. The second-order valence-corrected chi connectivity index (χ2v) is 9.11. The number of nitrogens with zero attached hydrogens (tertiary/aromatic N) is 4. The average molecular weight is 454 g/mol. The number of unbranched alkanes of at least 4 members (excludes halogenated alkanes) is 1. The number of amides is 1. The van der Waals surface area contributed by atoms with Crippen LogP contribution in [0, 0.1) is 26.2 Å². The highest BCUT2D eigenvalue weighted by molar-refractivity contribution is 8.26. The molecule has 3 heterocycles. The van der Waals surface area contributed by atoms with Crippen molar-refractivity contribution in [2.45, 2.75) is 47.0 Å². The summed E-state index contributed by atoms with van der Waals surface area (Å²) < 4.78 is 2.12. The Balaban J connectivity index is 1.72. The molecule has 1 aromatic carbocycles. The molecule has 2 aliphatic heterocycles. The number of amidine groups is 2. The van der Waals surface area contributed by atoms with Crippen LogP contribution in [-0.2, 0) is 4.79 Å². The van der Waals surface area contributed by atoms with Crippen LogP contribution >= 0.6 is 23.4 Å². The monoisotopic (exact) mass is 453 g/mol. The van der Waals surface area contributed by atoms with Gasteiger partial charge in [0.2, 0.25) is 5.17 Å². The molecule has 0 fully saturated rings. The van der Waals surface area contributed by atoms with Crippen LogP contribution in [0.4, 0.5) is 0 Å². The number of hydrazone groups is 1. The van der Waals surface area contributed by atoms with Gasteiger partial charge >= 0.3 is 0 Å². The summed E-state index contributed by atoms with van der Waals surface area (Å²) >= 11 is 7.71. The number of nitrogens with one attached hydrogen (secondary N) is 1. The van der Waals surface area contributed by atoms with E-state index in [1.54, 1.807) is 6.08 Å². The number of halogens is 1. The number of hydrogen-bond donors (Lipinski definition) is 1. The smallest absolute Gasteiger partial charge is 0.283 e. The average Bonchev–Trinajstić information content (AvgIpc) is 3.26. The first kappa shape index (κ1) is 21.6. The molecule has 0 atom stereocenters. The Morgan fingerprint density at radius 1 is 1.26 bits per heavy atom. The fourth-order valence-corrected chi connectivity index (χ4v) is 4.86. The zero-order valence-corrected chi connectivity index (χ0v) is 19.6. The maximum absolute atomic E-state index is 12.7. The molecular formula is C23H24ClN5OS. The number of carbonyl (C=O) groups is 1. The van der Waals surface area contributed by atoms with E-state index in [1.165, 1.54) is 16.8 Å². The molecule has 31 heavy (non-hydrogen) atoms. The standard InChI is InChI=1S/C23H24ClN5OS/c1-5-6-10-20-27-29-21(25)17(22(30)26-23(29)31-20)12-16-11-13(2)28(15(16)4)19-9-7-8-18(24)14(19)3/h7-9,11-12,25H,5-6,10H2,1-4H3/b17-12-,25-21?.